The molecule has 0 aromatic heterocycles. The molecule has 2 aromatic rings. The van der Waals surface area contributed by atoms with Gasteiger partial charge in [0.05, 0.1) is 4.90 Å². The monoisotopic (exact) mass is 301 g/mol. The Morgan fingerprint density at radius 3 is 2.33 bits per heavy atom. The van der Waals surface area contributed by atoms with Gasteiger partial charge in [-0.25, -0.2) is 8.42 Å². The smallest absolute Gasteiger partial charge is 0.207 e. The summed E-state index contributed by atoms with van der Waals surface area (Å²) < 4.78 is 26.9. The van der Waals surface area contributed by atoms with E-state index in [4.69, 9.17) is 0 Å². The molecule has 110 valence electrons. The molecule has 3 rings (SSSR count). The van der Waals surface area contributed by atoms with Crippen LogP contribution in [0.2, 0.25) is 0 Å². The predicted molar refractivity (Wildman–Crippen MR) is 83.7 cm³/mol. The fraction of sp³-hybridized carbons (Fsp3) is 0.294. The maximum atomic E-state index is 12.6. The van der Waals surface area contributed by atoms with E-state index in [-0.39, 0.29) is 0 Å². The van der Waals surface area contributed by atoms with Gasteiger partial charge in [-0.2, -0.15) is 4.31 Å². The highest BCUT2D eigenvalue weighted by atomic mass is 32.2. The second kappa shape index (κ2) is 5.62. The first-order chi connectivity index (χ1) is 10.1. The number of hydrogen-bond acceptors (Lipinski definition) is 2. The highest BCUT2D eigenvalue weighted by molar-refractivity contribution is 7.89. The lowest BCUT2D eigenvalue weighted by atomic mass is 9.99. The minimum atomic E-state index is -3.36. The number of aryl methyl sites for hydroxylation is 1. The second-order valence-electron chi connectivity index (χ2n) is 5.57. The van der Waals surface area contributed by atoms with Gasteiger partial charge in [0.2, 0.25) is 10.0 Å². The van der Waals surface area contributed by atoms with Crippen molar-refractivity contribution in [2.75, 3.05) is 13.1 Å². The Morgan fingerprint density at radius 2 is 1.67 bits per heavy atom. The Morgan fingerprint density at radius 1 is 1.00 bits per heavy atom. The van der Waals surface area contributed by atoms with Crippen molar-refractivity contribution in [1.82, 2.24) is 4.31 Å². The molecule has 1 aliphatic heterocycles. The Hall–Kier alpha value is -1.65. The van der Waals surface area contributed by atoms with Crippen LogP contribution in [-0.4, -0.2) is 25.8 Å². The summed E-state index contributed by atoms with van der Waals surface area (Å²) in [6.07, 6.45) is 0.884. The quantitative estimate of drug-likeness (QED) is 0.873. The molecule has 3 nitrogen and oxygen atoms in total. The van der Waals surface area contributed by atoms with E-state index in [1.54, 1.807) is 16.4 Å². The fourth-order valence-corrected chi connectivity index (χ4v) is 4.30. The van der Waals surface area contributed by atoms with Crippen LogP contribution >= 0.6 is 0 Å². The van der Waals surface area contributed by atoms with Crippen LogP contribution in [0.1, 0.15) is 23.5 Å². The third kappa shape index (κ3) is 2.87. The molecule has 0 saturated carbocycles. The van der Waals surface area contributed by atoms with Crippen molar-refractivity contribution in [3.8, 4) is 0 Å². The minimum Gasteiger partial charge on any atom is -0.207 e. The first-order valence-corrected chi connectivity index (χ1v) is 8.63. The van der Waals surface area contributed by atoms with Gasteiger partial charge < -0.3 is 0 Å². The van der Waals surface area contributed by atoms with Gasteiger partial charge in [0.15, 0.2) is 0 Å². The second-order valence-corrected chi connectivity index (χ2v) is 7.51. The van der Waals surface area contributed by atoms with Crippen LogP contribution < -0.4 is 0 Å². The van der Waals surface area contributed by atoms with Crippen molar-refractivity contribution >= 4 is 10.0 Å². The summed E-state index contributed by atoms with van der Waals surface area (Å²) in [5.74, 6) is 0.298. The van der Waals surface area contributed by atoms with Crippen LogP contribution in [0.5, 0.6) is 0 Å². The zero-order valence-corrected chi connectivity index (χ0v) is 12.9. The maximum Gasteiger partial charge on any atom is 0.243 e. The van der Waals surface area contributed by atoms with Gasteiger partial charge in [-0.3, -0.25) is 0 Å². The van der Waals surface area contributed by atoms with Crippen molar-refractivity contribution in [2.24, 2.45) is 0 Å². The van der Waals surface area contributed by atoms with Crippen molar-refractivity contribution in [3.05, 3.63) is 65.7 Å². The summed E-state index contributed by atoms with van der Waals surface area (Å²) in [7, 11) is -3.36. The van der Waals surface area contributed by atoms with Gasteiger partial charge in [-0.1, -0.05) is 48.0 Å². The largest absolute Gasteiger partial charge is 0.243 e. The molecule has 1 atom stereocenters. The number of nitrogens with zero attached hydrogens (tertiary/aromatic N) is 1. The Balaban J connectivity index is 1.81. The van der Waals surface area contributed by atoms with Crippen LogP contribution in [0.3, 0.4) is 0 Å². The predicted octanol–water partition coefficient (Wildman–Crippen LogP) is 3.17. The van der Waals surface area contributed by atoms with Crippen molar-refractivity contribution in [2.45, 2.75) is 24.2 Å². The summed E-state index contributed by atoms with van der Waals surface area (Å²) in [5, 5.41) is 0. The molecule has 0 aliphatic carbocycles. The van der Waals surface area contributed by atoms with Gasteiger partial charge in [0.1, 0.15) is 0 Å². The zero-order chi connectivity index (χ0) is 14.9. The number of hydrogen-bond donors (Lipinski definition) is 0. The van der Waals surface area contributed by atoms with E-state index < -0.39 is 10.0 Å². The van der Waals surface area contributed by atoms with E-state index in [1.165, 1.54) is 5.56 Å². The topological polar surface area (TPSA) is 37.4 Å². The van der Waals surface area contributed by atoms with Crippen LogP contribution in [0.4, 0.5) is 0 Å². The third-order valence-electron chi connectivity index (χ3n) is 4.08. The van der Waals surface area contributed by atoms with E-state index in [1.807, 2.05) is 37.3 Å². The van der Waals surface area contributed by atoms with E-state index in [2.05, 4.69) is 12.1 Å². The van der Waals surface area contributed by atoms with Crippen LogP contribution in [0, 0.1) is 6.92 Å². The Bertz CT molecular complexity index is 708. The first kappa shape index (κ1) is 14.3. The molecule has 1 heterocycles. The molecule has 0 unspecified atom stereocenters. The van der Waals surface area contributed by atoms with Crippen molar-refractivity contribution < 1.29 is 8.42 Å². The van der Waals surface area contributed by atoms with Gasteiger partial charge >= 0.3 is 0 Å². The Labute approximate surface area is 126 Å². The van der Waals surface area contributed by atoms with Gasteiger partial charge in [0.25, 0.3) is 0 Å². The van der Waals surface area contributed by atoms with Crippen molar-refractivity contribution in [1.29, 1.82) is 0 Å². The summed E-state index contributed by atoms with van der Waals surface area (Å²) >= 11 is 0. The molecular weight excluding hydrogens is 282 g/mol. The molecule has 4 heteroatoms. The number of rotatable bonds is 3. The lowest BCUT2D eigenvalue weighted by molar-refractivity contribution is 0.473. The zero-order valence-electron chi connectivity index (χ0n) is 12.1. The fourth-order valence-electron chi connectivity index (χ4n) is 2.80. The molecular formula is C17H19NO2S. The SMILES string of the molecule is Cc1ccc(S(=O)(=O)N2CC[C@@H](c3ccccc3)C2)cc1. The molecule has 0 spiro atoms. The Kier molecular flexibility index (Phi) is 3.83. The van der Waals surface area contributed by atoms with Crippen LogP contribution in [0.25, 0.3) is 0 Å². The maximum absolute atomic E-state index is 12.6. The molecule has 1 aliphatic rings. The number of sulfonamides is 1. The van der Waals surface area contributed by atoms with Gasteiger partial charge in [-0.15, -0.1) is 0 Å². The highest BCUT2D eigenvalue weighted by Crippen LogP contribution is 2.30. The van der Waals surface area contributed by atoms with Crippen LogP contribution in [-0.2, 0) is 10.0 Å². The molecule has 0 N–H and O–H groups in total. The summed E-state index contributed by atoms with van der Waals surface area (Å²) in [4.78, 5) is 0.391. The molecule has 21 heavy (non-hydrogen) atoms. The standard InChI is InChI=1S/C17H19NO2S/c1-14-7-9-17(10-8-14)21(19,20)18-12-11-16(13-18)15-5-3-2-4-6-15/h2-10,16H,11-13H2,1H3/t16-/m1/s1. The summed E-state index contributed by atoms with van der Waals surface area (Å²) in [6.45, 7) is 3.12. The molecule has 0 amide bonds. The van der Waals surface area contributed by atoms with Gasteiger partial charge in [0, 0.05) is 13.1 Å². The average Bonchev–Trinajstić information content (AvgIpc) is 2.99. The van der Waals surface area contributed by atoms with E-state index in [9.17, 15) is 8.42 Å². The first-order valence-electron chi connectivity index (χ1n) is 7.19. The lowest BCUT2D eigenvalue weighted by Crippen LogP contribution is -2.28. The van der Waals surface area contributed by atoms with E-state index in [0.29, 0.717) is 23.9 Å². The molecule has 1 fully saturated rings. The minimum absolute atomic E-state index is 0.298. The van der Waals surface area contributed by atoms with Crippen LogP contribution in [0.15, 0.2) is 59.5 Å². The number of benzene rings is 2. The van der Waals surface area contributed by atoms with Crippen molar-refractivity contribution in [3.63, 3.8) is 0 Å². The molecule has 0 radical (unpaired) electrons. The van der Waals surface area contributed by atoms with E-state index in [0.717, 1.165) is 12.0 Å². The lowest BCUT2D eigenvalue weighted by Gasteiger charge is -2.17. The third-order valence-corrected chi connectivity index (χ3v) is 5.96. The average molecular weight is 301 g/mol. The molecule has 1 saturated heterocycles. The molecule has 0 bridgehead atoms. The van der Waals surface area contributed by atoms with E-state index >= 15 is 0 Å². The summed E-state index contributed by atoms with van der Waals surface area (Å²) in [6, 6.07) is 17.2. The highest BCUT2D eigenvalue weighted by Gasteiger charge is 2.32. The normalized spacial score (nSPS) is 19.8. The molecule has 2 aromatic carbocycles. The van der Waals surface area contributed by atoms with Gasteiger partial charge in [-0.05, 0) is 37.0 Å². The summed E-state index contributed by atoms with van der Waals surface area (Å²) in [5.41, 5.74) is 2.29.